The normalized spacial score (nSPS) is 13.3. The number of hydrogen-bond acceptors (Lipinski definition) is 8. The van der Waals surface area contributed by atoms with Crippen LogP contribution in [0.25, 0.3) is 0 Å². The molecular formula is C24H29N7O4. The van der Waals surface area contributed by atoms with Crippen molar-refractivity contribution in [2.45, 2.75) is 39.3 Å². The molecule has 0 unspecified atom stereocenters. The number of nitrogens with one attached hydrogen (secondary N) is 2. The predicted octanol–water partition coefficient (Wildman–Crippen LogP) is 2.57. The lowest BCUT2D eigenvalue weighted by Gasteiger charge is -2.29. The quantitative estimate of drug-likeness (QED) is 0.551. The van der Waals surface area contributed by atoms with Crippen molar-refractivity contribution in [3.05, 3.63) is 40.7 Å². The zero-order chi connectivity index (χ0) is 25.5. The van der Waals surface area contributed by atoms with Gasteiger partial charge in [-0.2, -0.15) is 5.26 Å². The molecule has 0 saturated heterocycles. The van der Waals surface area contributed by atoms with Crippen LogP contribution in [0.15, 0.2) is 18.3 Å². The molecule has 35 heavy (non-hydrogen) atoms. The van der Waals surface area contributed by atoms with Crippen LogP contribution in [-0.2, 0) is 22.5 Å². The molecule has 0 aromatic carbocycles. The average Bonchev–Trinajstić information content (AvgIpc) is 2.83. The Morgan fingerprint density at radius 3 is 2.83 bits per heavy atom. The lowest BCUT2D eigenvalue weighted by atomic mass is 10.0. The van der Waals surface area contributed by atoms with Crippen LogP contribution in [0.5, 0.6) is 0 Å². The summed E-state index contributed by atoms with van der Waals surface area (Å²) < 4.78 is 5.13. The fourth-order valence-electron chi connectivity index (χ4n) is 3.82. The molecule has 0 saturated carbocycles. The highest BCUT2D eigenvalue weighted by molar-refractivity contribution is 6.01. The van der Waals surface area contributed by atoms with E-state index in [1.165, 1.54) is 22.9 Å². The Morgan fingerprint density at radius 1 is 1.40 bits per heavy atom. The second-order valence-electron chi connectivity index (χ2n) is 8.42. The number of carbonyl (C=O) groups is 3. The zero-order valence-electron chi connectivity index (χ0n) is 20.3. The number of nitrogens with zero attached hydrogens (tertiary/aromatic N) is 5. The number of hydrogen-bond donors (Lipinski definition) is 2. The SMILES string of the molecule is COC[C@H](C)Nc1cc(NC(=O)N2CCCc3cc(CN(C)C(C)=O)c(C=O)nc32)ncc1C#N. The van der Waals surface area contributed by atoms with E-state index in [0.717, 1.165) is 5.56 Å². The van der Waals surface area contributed by atoms with E-state index in [-0.39, 0.29) is 30.0 Å². The summed E-state index contributed by atoms with van der Waals surface area (Å²) in [5.41, 5.74) is 2.52. The van der Waals surface area contributed by atoms with Crippen LogP contribution in [0.3, 0.4) is 0 Å². The maximum absolute atomic E-state index is 13.2. The molecule has 184 valence electrons. The topological polar surface area (TPSA) is 141 Å². The minimum absolute atomic E-state index is 0.0609. The maximum Gasteiger partial charge on any atom is 0.328 e. The van der Waals surface area contributed by atoms with E-state index in [1.54, 1.807) is 20.2 Å². The maximum atomic E-state index is 13.2. The van der Waals surface area contributed by atoms with Crippen LogP contribution < -0.4 is 15.5 Å². The minimum atomic E-state index is -0.447. The first-order valence-electron chi connectivity index (χ1n) is 11.2. The monoisotopic (exact) mass is 479 g/mol. The Morgan fingerprint density at radius 2 is 2.17 bits per heavy atom. The van der Waals surface area contributed by atoms with Gasteiger partial charge in [-0.15, -0.1) is 0 Å². The van der Waals surface area contributed by atoms with Gasteiger partial charge in [0.2, 0.25) is 5.91 Å². The molecule has 3 rings (SSSR count). The lowest BCUT2D eigenvalue weighted by Crippen LogP contribution is -2.40. The molecule has 0 fully saturated rings. The van der Waals surface area contributed by atoms with Crippen molar-refractivity contribution < 1.29 is 19.1 Å². The van der Waals surface area contributed by atoms with E-state index in [4.69, 9.17) is 4.74 Å². The number of carbonyl (C=O) groups excluding carboxylic acids is 3. The highest BCUT2D eigenvalue weighted by atomic mass is 16.5. The number of aldehydes is 1. The molecule has 3 heterocycles. The Bertz CT molecular complexity index is 1160. The molecule has 0 bridgehead atoms. The van der Waals surface area contributed by atoms with Gasteiger partial charge in [-0.1, -0.05) is 0 Å². The molecule has 11 nitrogen and oxygen atoms in total. The second-order valence-corrected chi connectivity index (χ2v) is 8.42. The molecule has 0 radical (unpaired) electrons. The summed E-state index contributed by atoms with van der Waals surface area (Å²) in [5.74, 6) is 0.551. The van der Waals surface area contributed by atoms with Gasteiger partial charge < -0.3 is 15.0 Å². The van der Waals surface area contributed by atoms with Crippen molar-refractivity contribution >= 4 is 35.5 Å². The summed E-state index contributed by atoms with van der Waals surface area (Å²) in [7, 11) is 3.24. The first-order valence-corrected chi connectivity index (χ1v) is 11.2. The molecule has 3 amide bonds. The Hall–Kier alpha value is -4.04. The fraction of sp³-hybridized carbons (Fsp3) is 0.417. The van der Waals surface area contributed by atoms with E-state index < -0.39 is 6.03 Å². The second kappa shape index (κ2) is 11.4. The van der Waals surface area contributed by atoms with Crippen molar-refractivity contribution in [1.82, 2.24) is 14.9 Å². The molecule has 1 aliphatic heterocycles. The minimum Gasteiger partial charge on any atom is -0.383 e. The third-order valence-corrected chi connectivity index (χ3v) is 5.65. The fourth-order valence-corrected chi connectivity index (χ4v) is 3.82. The third-order valence-electron chi connectivity index (χ3n) is 5.65. The molecule has 2 aromatic rings. The van der Waals surface area contributed by atoms with Crippen molar-refractivity contribution in [2.24, 2.45) is 0 Å². The summed E-state index contributed by atoms with van der Waals surface area (Å²) >= 11 is 0. The third kappa shape index (κ3) is 6.10. The van der Waals surface area contributed by atoms with Crippen LogP contribution in [0, 0.1) is 11.3 Å². The van der Waals surface area contributed by atoms with Gasteiger partial charge in [0.05, 0.1) is 17.9 Å². The van der Waals surface area contributed by atoms with Crippen molar-refractivity contribution in [3.8, 4) is 6.07 Å². The highest BCUT2D eigenvalue weighted by Gasteiger charge is 2.26. The number of amides is 3. The first kappa shape index (κ1) is 25.6. The average molecular weight is 480 g/mol. The number of rotatable bonds is 8. The van der Waals surface area contributed by atoms with Crippen molar-refractivity contribution in [3.63, 3.8) is 0 Å². The predicted molar refractivity (Wildman–Crippen MR) is 130 cm³/mol. The molecule has 0 spiro atoms. The smallest absolute Gasteiger partial charge is 0.328 e. The molecule has 1 aliphatic rings. The van der Waals surface area contributed by atoms with E-state index in [9.17, 15) is 19.6 Å². The van der Waals surface area contributed by atoms with E-state index >= 15 is 0 Å². The van der Waals surface area contributed by atoms with Gasteiger partial charge in [0.1, 0.15) is 23.4 Å². The number of urea groups is 1. The van der Waals surface area contributed by atoms with Gasteiger partial charge in [-0.05, 0) is 31.4 Å². The summed E-state index contributed by atoms with van der Waals surface area (Å²) in [6.45, 7) is 4.47. The highest BCUT2D eigenvalue weighted by Crippen LogP contribution is 2.28. The number of methoxy groups -OCH3 is 1. The summed E-state index contributed by atoms with van der Waals surface area (Å²) in [6, 6.07) is 5.01. The molecule has 11 heteroatoms. The number of aryl methyl sites for hydroxylation is 1. The van der Waals surface area contributed by atoms with Crippen LogP contribution in [0.4, 0.5) is 22.1 Å². The van der Waals surface area contributed by atoms with Crippen molar-refractivity contribution in [1.29, 1.82) is 5.26 Å². The van der Waals surface area contributed by atoms with Gasteiger partial charge in [0.15, 0.2) is 6.29 Å². The van der Waals surface area contributed by atoms with Crippen LogP contribution in [0.1, 0.15) is 47.4 Å². The number of ether oxygens (including phenoxy) is 1. The Balaban J connectivity index is 1.85. The number of aromatic nitrogens is 2. The number of anilines is 3. The molecule has 1 atom stereocenters. The zero-order valence-corrected chi connectivity index (χ0v) is 20.3. The van der Waals surface area contributed by atoms with E-state index in [1.807, 2.05) is 13.0 Å². The summed E-state index contributed by atoms with van der Waals surface area (Å²) in [6.07, 6.45) is 3.44. The number of nitriles is 1. The Labute approximate surface area is 204 Å². The first-order chi connectivity index (χ1) is 16.8. The van der Waals surface area contributed by atoms with Crippen LogP contribution in [-0.4, -0.2) is 66.4 Å². The number of pyridine rings is 2. The van der Waals surface area contributed by atoms with Gasteiger partial charge in [0, 0.05) is 58.0 Å². The number of fused-ring (bicyclic) bond motifs is 1. The van der Waals surface area contributed by atoms with Gasteiger partial charge in [-0.25, -0.2) is 14.8 Å². The Kier molecular flexibility index (Phi) is 8.33. The molecule has 0 aliphatic carbocycles. The standard InChI is InChI=1S/C24H29N7O4/c1-15(14-35-4)27-20-9-22(26-11-19(20)10-25)29-24(34)31-7-5-6-17-8-18(12-30(3)16(2)33)21(13-32)28-23(17)31/h8-9,11,13,15H,5-7,12,14H2,1-4H3,(H2,26,27,29,34)/t15-/m0/s1. The van der Waals surface area contributed by atoms with Crippen LogP contribution >= 0.6 is 0 Å². The summed E-state index contributed by atoms with van der Waals surface area (Å²) in [4.78, 5) is 48.1. The largest absolute Gasteiger partial charge is 0.383 e. The van der Waals surface area contributed by atoms with Gasteiger partial charge in [-0.3, -0.25) is 19.8 Å². The van der Waals surface area contributed by atoms with Crippen LogP contribution in [0.2, 0.25) is 0 Å². The van der Waals surface area contributed by atoms with Crippen molar-refractivity contribution in [2.75, 3.05) is 42.8 Å². The molecule has 2 aromatic heterocycles. The lowest BCUT2D eigenvalue weighted by molar-refractivity contribution is -0.128. The molecular weight excluding hydrogens is 450 g/mol. The van der Waals surface area contributed by atoms with Gasteiger partial charge in [0.25, 0.3) is 0 Å². The van der Waals surface area contributed by atoms with E-state index in [2.05, 4.69) is 26.7 Å². The molecule has 2 N–H and O–H groups in total. The van der Waals surface area contributed by atoms with Gasteiger partial charge >= 0.3 is 6.03 Å². The summed E-state index contributed by atoms with van der Waals surface area (Å²) in [5, 5.41) is 15.3. The van der Waals surface area contributed by atoms with E-state index in [0.29, 0.717) is 54.9 Å².